The molecule has 2 amide bonds. The quantitative estimate of drug-likeness (QED) is 0.223. The maximum atomic E-state index is 13.6. The molecule has 1 N–H and O–H groups in total. The zero-order valence-electron chi connectivity index (χ0n) is 23.0. The molecule has 0 unspecified atom stereocenters. The maximum absolute atomic E-state index is 13.6. The minimum atomic E-state index is -0.383. The molecule has 2 heterocycles. The molecule has 3 aromatic carbocycles. The number of carbonyl (C=O) groups excluding carboxylic acids is 2. The van der Waals surface area contributed by atoms with Crippen LogP contribution in [0.1, 0.15) is 48.5 Å². The van der Waals surface area contributed by atoms with Gasteiger partial charge in [-0.25, -0.2) is 4.98 Å². The topological polar surface area (TPSA) is 76.5 Å². The fourth-order valence-electron chi connectivity index (χ4n) is 4.86. The van der Waals surface area contributed by atoms with Gasteiger partial charge in [0.2, 0.25) is 11.9 Å². The van der Waals surface area contributed by atoms with Gasteiger partial charge in [-0.3, -0.25) is 19.5 Å². The van der Waals surface area contributed by atoms with Gasteiger partial charge in [0.15, 0.2) is 0 Å². The lowest BCUT2D eigenvalue weighted by atomic mass is 10.0. The number of halogens is 2. The van der Waals surface area contributed by atoms with Gasteiger partial charge in [-0.15, -0.1) is 0 Å². The van der Waals surface area contributed by atoms with E-state index in [4.69, 9.17) is 32.9 Å². The average molecular weight is 592 g/mol. The number of benzene rings is 3. The zero-order valence-corrected chi connectivity index (χ0v) is 24.5. The minimum Gasteiger partial charge on any atom is -0.376 e. The fraction of sp³-hybridized carbons (Fsp3) is 0.281. The molecule has 9 heteroatoms. The molecule has 1 aliphatic heterocycles. The van der Waals surface area contributed by atoms with Gasteiger partial charge >= 0.3 is 0 Å². The van der Waals surface area contributed by atoms with E-state index in [1.54, 1.807) is 12.1 Å². The molecule has 7 nitrogen and oxygen atoms in total. The van der Waals surface area contributed by atoms with Gasteiger partial charge in [-0.05, 0) is 54.7 Å². The van der Waals surface area contributed by atoms with E-state index >= 15 is 0 Å². The summed E-state index contributed by atoms with van der Waals surface area (Å²) in [7, 11) is 0. The highest BCUT2D eigenvalue weighted by Gasteiger charge is 2.27. The molecule has 212 valence electrons. The molecular formula is C32H32Cl2N4O3. The molecule has 5 rings (SSSR count). The van der Waals surface area contributed by atoms with Gasteiger partial charge in [0.05, 0.1) is 22.4 Å². The Morgan fingerprint density at radius 2 is 1.83 bits per heavy atom. The van der Waals surface area contributed by atoms with Gasteiger partial charge in [0.25, 0.3) is 5.91 Å². The van der Waals surface area contributed by atoms with E-state index in [2.05, 4.69) is 31.3 Å². The summed E-state index contributed by atoms with van der Waals surface area (Å²) in [6, 6.07) is 22.7. The lowest BCUT2D eigenvalue weighted by Crippen LogP contribution is -2.42. The second-order valence-electron chi connectivity index (χ2n) is 10.4. The highest BCUT2D eigenvalue weighted by molar-refractivity contribution is 6.36. The first-order valence-electron chi connectivity index (χ1n) is 13.7. The van der Waals surface area contributed by atoms with Crippen molar-refractivity contribution < 1.29 is 14.3 Å². The van der Waals surface area contributed by atoms with Crippen molar-refractivity contribution in [3.63, 3.8) is 0 Å². The maximum Gasteiger partial charge on any atom is 0.255 e. The molecule has 41 heavy (non-hydrogen) atoms. The van der Waals surface area contributed by atoms with Crippen LogP contribution in [0.15, 0.2) is 79.0 Å². The van der Waals surface area contributed by atoms with Crippen LogP contribution in [-0.4, -0.2) is 52.1 Å². The Kier molecular flexibility index (Phi) is 9.08. The predicted octanol–water partition coefficient (Wildman–Crippen LogP) is 7.23. The molecule has 1 aromatic heterocycles. The number of rotatable bonds is 9. The number of aromatic nitrogens is 2. The average Bonchev–Trinajstić information content (AvgIpc) is 3.63. The molecule has 0 aliphatic carbocycles. The smallest absolute Gasteiger partial charge is 0.255 e. The molecule has 4 aromatic rings. The molecule has 0 bridgehead atoms. The number of ether oxygens (including phenoxy) is 1. The van der Waals surface area contributed by atoms with E-state index in [9.17, 15) is 9.59 Å². The van der Waals surface area contributed by atoms with E-state index in [0.29, 0.717) is 29.2 Å². The number of nitrogens with zero attached hydrogens (tertiary/aromatic N) is 3. The van der Waals surface area contributed by atoms with Crippen LogP contribution in [0.5, 0.6) is 0 Å². The third kappa shape index (κ3) is 6.99. The van der Waals surface area contributed by atoms with Gasteiger partial charge in [-0.1, -0.05) is 79.5 Å². The number of carbonyl (C=O) groups is 2. The minimum absolute atomic E-state index is 0.149. The van der Waals surface area contributed by atoms with Crippen molar-refractivity contribution >= 4 is 41.0 Å². The van der Waals surface area contributed by atoms with Crippen LogP contribution < -0.4 is 5.32 Å². The third-order valence-corrected chi connectivity index (χ3v) is 7.64. The second kappa shape index (κ2) is 12.9. The first-order valence-corrected chi connectivity index (χ1v) is 14.4. The molecule has 1 atom stereocenters. The van der Waals surface area contributed by atoms with Crippen molar-refractivity contribution in [1.29, 1.82) is 0 Å². The Hall–Kier alpha value is -3.65. The Morgan fingerprint density at radius 1 is 1.07 bits per heavy atom. The lowest BCUT2D eigenvalue weighted by Gasteiger charge is -2.25. The highest BCUT2D eigenvalue weighted by Crippen LogP contribution is 2.27. The molecule has 0 radical (unpaired) electrons. The van der Waals surface area contributed by atoms with Crippen molar-refractivity contribution in [2.24, 2.45) is 0 Å². The number of hydrogen-bond donors (Lipinski definition) is 1. The van der Waals surface area contributed by atoms with Gasteiger partial charge < -0.3 is 9.64 Å². The number of amides is 2. The molecule has 1 aliphatic rings. The Morgan fingerprint density at radius 3 is 2.49 bits per heavy atom. The predicted molar refractivity (Wildman–Crippen MR) is 163 cm³/mol. The monoisotopic (exact) mass is 590 g/mol. The van der Waals surface area contributed by atoms with Crippen molar-refractivity contribution in [3.05, 3.63) is 100 Å². The number of hydrogen-bond acceptors (Lipinski definition) is 4. The Bertz CT molecular complexity index is 1510. The van der Waals surface area contributed by atoms with E-state index in [1.165, 1.54) is 16.5 Å². The molecule has 0 spiro atoms. The Balaban J connectivity index is 1.42. The summed E-state index contributed by atoms with van der Waals surface area (Å²) in [6.07, 6.45) is 3.48. The van der Waals surface area contributed by atoms with E-state index in [1.807, 2.05) is 53.2 Å². The molecular weight excluding hydrogens is 559 g/mol. The van der Waals surface area contributed by atoms with Crippen molar-refractivity contribution in [3.8, 4) is 16.9 Å². The standard InChI is InChI=1S/C32H32Cl2N4O3/c1-21(2)22-10-13-25(14-11-22)38-19-29(23-7-4-3-5-8-23)35-32(38)36-30(39)20-37(18-26-9-6-16-41-26)31(40)27-15-12-24(33)17-28(27)34/h3-5,7-8,10-15,17,19,21,26H,6,9,16,18,20H2,1-2H3,(H,35,36,39)/t26-/m1/s1. The molecule has 0 saturated carbocycles. The van der Waals surface area contributed by atoms with E-state index < -0.39 is 0 Å². The number of anilines is 1. The van der Waals surface area contributed by atoms with Gasteiger partial charge in [-0.2, -0.15) is 0 Å². The Labute approximate surface area is 250 Å². The summed E-state index contributed by atoms with van der Waals surface area (Å²) in [4.78, 5) is 33.3. The summed E-state index contributed by atoms with van der Waals surface area (Å²) in [5.41, 5.74) is 3.99. The summed E-state index contributed by atoms with van der Waals surface area (Å²) >= 11 is 12.4. The summed E-state index contributed by atoms with van der Waals surface area (Å²) in [5.74, 6) is 0.00851. The van der Waals surface area contributed by atoms with Crippen molar-refractivity contribution in [2.75, 3.05) is 25.0 Å². The fourth-order valence-corrected chi connectivity index (χ4v) is 5.35. The number of nitrogens with one attached hydrogen (secondary N) is 1. The van der Waals surface area contributed by atoms with Crippen LogP contribution in [0.3, 0.4) is 0 Å². The van der Waals surface area contributed by atoms with Crippen LogP contribution in [0.25, 0.3) is 16.9 Å². The summed E-state index contributed by atoms with van der Waals surface area (Å²) < 4.78 is 7.63. The van der Waals surface area contributed by atoms with Crippen LogP contribution >= 0.6 is 23.2 Å². The number of imidazole rings is 1. The first kappa shape index (κ1) is 28.9. The third-order valence-electron chi connectivity index (χ3n) is 7.10. The lowest BCUT2D eigenvalue weighted by molar-refractivity contribution is -0.117. The summed E-state index contributed by atoms with van der Waals surface area (Å²) in [5, 5.41) is 3.60. The van der Waals surface area contributed by atoms with Gasteiger partial charge in [0.1, 0.15) is 6.54 Å². The largest absolute Gasteiger partial charge is 0.376 e. The SMILES string of the molecule is CC(C)c1ccc(-n2cc(-c3ccccc3)nc2NC(=O)CN(C[C@H]2CCCO2)C(=O)c2ccc(Cl)cc2Cl)cc1. The normalized spacial score (nSPS) is 14.8. The van der Waals surface area contributed by atoms with Crippen LogP contribution in [0, 0.1) is 0 Å². The zero-order chi connectivity index (χ0) is 28.9. The van der Waals surface area contributed by atoms with Crippen LogP contribution in [-0.2, 0) is 9.53 Å². The van der Waals surface area contributed by atoms with Gasteiger partial charge in [0, 0.05) is 35.6 Å². The van der Waals surface area contributed by atoms with Crippen molar-refractivity contribution in [2.45, 2.75) is 38.7 Å². The van der Waals surface area contributed by atoms with E-state index in [-0.39, 0.29) is 41.6 Å². The molecule has 1 fully saturated rings. The van der Waals surface area contributed by atoms with Crippen LogP contribution in [0.2, 0.25) is 10.0 Å². The second-order valence-corrected chi connectivity index (χ2v) is 11.3. The van der Waals surface area contributed by atoms with E-state index in [0.717, 1.165) is 24.1 Å². The molecule has 1 saturated heterocycles. The van der Waals surface area contributed by atoms with Crippen molar-refractivity contribution in [1.82, 2.24) is 14.5 Å². The van der Waals surface area contributed by atoms with Crippen LogP contribution in [0.4, 0.5) is 5.95 Å². The summed E-state index contributed by atoms with van der Waals surface area (Å²) in [6.45, 7) is 5.00. The highest BCUT2D eigenvalue weighted by atomic mass is 35.5. The first-order chi connectivity index (χ1) is 19.8.